The molecule has 174 valence electrons. The van der Waals surface area contributed by atoms with E-state index in [1.54, 1.807) is 0 Å². The van der Waals surface area contributed by atoms with Gasteiger partial charge in [0, 0.05) is 0 Å². The molecule has 29 heavy (non-hydrogen) atoms. The summed E-state index contributed by atoms with van der Waals surface area (Å²) < 4.78 is 47.2. The zero-order chi connectivity index (χ0) is 22.3. The van der Waals surface area contributed by atoms with Crippen LogP contribution in [-0.2, 0) is 24.8 Å². The Hall–Kier alpha value is -0.670. The average Bonchev–Trinajstić information content (AvgIpc) is 2.58. The maximum Gasteiger partial charge on any atom is 0.323 e. The van der Waals surface area contributed by atoms with E-state index in [0.717, 1.165) is 38.2 Å². The van der Waals surface area contributed by atoms with E-state index in [-0.39, 0.29) is 10.1 Å². The standard InChI is InChI=1S/C20H41NO6S2/c1-4-5-6-7-8-9-10-11-12-13-14-15-16-17-18-19(20(22)23)21(28(2,24)25)29(3,26)27/h19H,4-18H2,1-3H3,(H,22,23). The molecule has 0 spiro atoms. The first-order chi connectivity index (χ1) is 13.5. The van der Waals surface area contributed by atoms with Gasteiger partial charge in [-0.05, 0) is 6.42 Å². The fourth-order valence-electron chi connectivity index (χ4n) is 3.56. The van der Waals surface area contributed by atoms with Crippen molar-refractivity contribution in [3.63, 3.8) is 0 Å². The lowest BCUT2D eigenvalue weighted by atomic mass is 10.0. The molecule has 9 heteroatoms. The van der Waals surface area contributed by atoms with Crippen LogP contribution in [0.1, 0.15) is 103 Å². The fraction of sp³-hybridized carbons (Fsp3) is 0.950. The molecule has 0 rings (SSSR count). The highest BCUT2D eigenvalue weighted by molar-refractivity contribution is 8.03. The number of nitrogens with zero attached hydrogens (tertiary/aromatic N) is 1. The zero-order valence-corrected chi connectivity index (χ0v) is 20.1. The van der Waals surface area contributed by atoms with Gasteiger partial charge >= 0.3 is 5.97 Å². The van der Waals surface area contributed by atoms with Gasteiger partial charge in [0.2, 0.25) is 20.0 Å². The van der Waals surface area contributed by atoms with Crippen LogP contribution in [0, 0.1) is 0 Å². The maximum atomic E-state index is 11.8. The number of rotatable bonds is 19. The zero-order valence-electron chi connectivity index (χ0n) is 18.4. The number of sulfonamides is 2. The Labute approximate surface area is 178 Å². The summed E-state index contributed by atoms with van der Waals surface area (Å²) in [5.41, 5.74) is 0. The minimum absolute atomic E-state index is 0.00644. The lowest BCUT2D eigenvalue weighted by Crippen LogP contribution is -2.47. The number of unbranched alkanes of at least 4 members (excludes halogenated alkanes) is 13. The Kier molecular flexibility index (Phi) is 14.8. The summed E-state index contributed by atoms with van der Waals surface area (Å²) in [5.74, 6) is -1.43. The molecule has 7 nitrogen and oxygen atoms in total. The van der Waals surface area contributed by atoms with Crippen LogP contribution in [0.2, 0.25) is 0 Å². The number of carbonyl (C=O) groups is 1. The molecule has 0 aliphatic rings. The summed E-state index contributed by atoms with van der Waals surface area (Å²) in [4.78, 5) is 11.4. The molecular weight excluding hydrogens is 414 g/mol. The van der Waals surface area contributed by atoms with Gasteiger partial charge in [0.1, 0.15) is 6.04 Å². The molecule has 1 atom stereocenters. The summed E-state index contributed by atoms with van der Waals surface area (Å²) in [6, 6.07) is -1.57. The van der Waals surface area contributed by atoms with Gasteiger partial charge in [-0.1, -0.05) is 101 Å². The van der Waals surface area contributed by atoms with Gasteiger partial charge in [0.25, 0.3) is 0 Å². The highest BCUT2D eigenvalue weighted by atomic mass is 32.3. The number of hydrogen-bond donors (Lipinski definition) is 1. The third-order valence-corrected chi connectivity index (χ3v) is 8.47. The Morgan fingerprint density at radius 3 is 1.28 bits per heavy atom. The van der Waals surface area contributed by atoms with Crippen LogP contribution >= 0.6 is 0 Å². The lowest BCUT2D eigenvalue weighted by molar-refractivity contribution is -0.140. The Morgan fingerprint density at radius 2 is 1.00 bits per heavy atom. The molecule has 0 saturated carbocycles. The molecular formula is C20H41NO6S2. The second-order valence-electron chi connectivity index (χ2n) is 7.99. The van der Waals surface area contributed by atoms with Crippen molar-refractivity contribution in [1.82, 2.24) is 3.71 Å². The van der Waals surface area contributed by atoms with Crippen molar-refractivity contribution in [3.05, 3.63) is 0 Å². The van der Waals surface area contributed by atoms with Gasteiger partial charge in [-0.25, -0.2) is 16.8 Å². The van der Waals surface area contributed by atoms with Crippen LogP contribution in [0.5, 0.6) is 0 Å². The number of hydrogen-bond acceptors (Lipinski definition) is 5. The molecule has 0 bridgehead atoms. The van der Waals surface area contributed by atoms with E-state index < -0.39 is 32.1 Å². The summed E-state index contributed by atoms with van der Waals surface area (Å²) in [7, 11) is -8.34. The number of carboxylic acids is 1. The van der Waals surface area contributed by atoms with Crippen molar-refractivity contribution in [2.75, 3.05) is 12.5 Å². The Bertz CT molecular complexity index is 614. The summed E-state index contributed by atoms with van der Waals surface area (Å²) in [6.45, 7) is 2.23. The molecule has 0 amide bonds. The van der Waals surface area contributed by atoms with Crippen LogP contribution in [-0.4, -0.2) is 50.2 Å². The first-order valence-corrected chi connectivity index (χ1v) is 14.6. The molecule has 0 aromatic heterocycles. The second-order valence-corrected chi connectivity index (χ2v) is 11.9. The van der Waals surface area contributed by atoms with Gasteiger partial charge in [-0.3, -0.25) is 4.79 Å². The average molecular weight is 456 g/mol. The van der Waals surface area contributed by atoms with Gasteiger partial charge < -0.3 is 5.11 Å². The molecule has 0 radical (unpaired) electrons. The Balaban J connectivity index is 3.98. The molecule has 1 N–H and O–H groups in total. The van der Waals surface area contributed by atoms with E-state index in [1.807, 2.05) is 0 Å². The van der Waals surface area contributed by atoms with E-state index in [2.05, 4.69) is 6.92 Å². The number of carboxylic acid groups (broad SMARTS) is 1. The maximum absolute atomic E-state index is 11.8. The van der Waals surface area contributed by atoms with Gasteiger partial charge in [-0.2, -0.15) is 0 Å². The highest BCUT2D eigenvalue weighted by Gasteiger charge is 2.38. The predicted octanol–water partition coefficient (Wildman–Crippen LogP) is 4.53. The van der Waals surface area contributed by atoms with E-state index in [9.17, 15) is 26.7 Å². The van der Waals surface area contributed by atoms with Gasteiger partial charge in [-0.15, -0.1) is 0 Å². The van der Waals surface area contributed by atoms with Crippen LogP contribution in [0.15, 0.2) is 0 Å². The SMILES string of the molecule is CCCCCCCCCCCCCCCCC(C(=O)O)N(S(C)(=O)=O)S(C)(=O)=O. The highest BCUT2D eigenvalue weighted by Crippen LogP contribution is 2.19. The minimum Gasteiger partial charge on any atom is -0.480 e. The van der Waals surface area contributed by atoms with Crippen molar-refractivity contribution in [2.24, 2.45) is 0 Å². The van der Waals surface area contributed by atoms with E-state index in [4.69, 9.17) is 0 Å². The third-order valence-electron chi connectivity index (χ3n) is 5.02. The van der Waals surface area contributed by atoms with Gasteiger partial charge in [0.05, 0.1) is 12.5 Å². The molecule has 0 aromatic carbocycles. The Morgan fingerprint density at radius 1 is 0.690 bits per heavy atom. The van der Waals surface area contributed by atoms with E-state index in [0.29, 0.717) is 6.42 Å². The first-order valence-electron chi connectivity index (χ1n) is 10.9. The first kappa shape index (κ1) is 28.3. The minimum atomic E-state index is -4.17. The summed E-state index contributed by atoms with van der Waals surface area (Å²) >= 11 is 0. The quantitative estimate of drug-likeness (QED) is 0.287. The van der Waals surface area contributed by atoms with Crippen LogP contribution in [0.3, 0.4) is 0 Å². The normalized spacial score (nSPS) is 13.7. The smallest absolute Gasteiger partial charge is 0.323 e. The molecule has 0 aliphatic carbocycles. The van der Waals surface area contributed by atoms with Crippen molar-refractivity contribution in [3.8, 4) is 0 Å². The lowest BCUT2D eigenvalue weighted by Gasteiger charge is -2.24. The van der Waals surface area contributed by atoms with Crippen LogP contribution in [0.4, 0.5) is 0 Å². The van der Waals surface area contributed by atoms with Crippen molar-refractivity contribution in [2.45, 2.75) is 109 Å². The predicted molar refractivity (Wildman–Crippen MR) is 118 cm³/mol. The van der Waals surface area contributed by atoms with E-state index >= 15 is 0 Å². The second kappa shape index (κ2) is 15.2. The van der Waals surface area contributed by atoms with Crippen LogP contribution < -0.4 is 0 Å². The molecule has 0 heterocycles. The molecule has 0 aromatic rings. The van der Waals surface area contributed by atoms with Gasteiger partial charge in [0.15, 0.2) is 0 Å². The van der Waals surface area contributed by atoms with Crippen molar-refractivity contribution < 1.29 is 26.7 Å². The summed E-state index contributed by atoms with van der Waals surface area (Å²) in [5, 5.41) is 9.30. The molecule has 0 saturated heterocycles. The largest absolute Gasteiger partial charge is 0.480 e. The number of aliphatic carboxylic acids is 1. The van der Waals surface area contributed by atoms with E-state index in [1.165, 1.54) is 57.8 Å². The molecule has 0 aliphatic heterocycles. The topological polar surface area (TPSA) is 109 Å². The van der Waals surface area contributed by atoms with Crippen molar-refractivity contribution >= 4 is 26.0 Å². The molecule has 0 fully saturated rings. The summed E-state index contributed by atoms with van der Waals surface area (Å²) in [6.07, 6.45) is 17.6. The monoisotopic (exact) mass is 455 g/mol. The third kappa shape index (κ3) is 14.0. The fourth-order valence-corrected chi connectivity index (χ4v) is 6.84. The van der Waals surface area contributed by atoms with Crippen molar-refractivity contribution in [1.29, 1.82) is 0 Å². The molecule has 1 unspecified atom stereocenters. The van der Waals surface area contributed by atoms with Crippen LogP contribution in [0.25, 0.3) is 0 Å².